The molecule has 2 N–H and O–H groups in total. The quantitative estimate of drug-likeness (QED) is 0.594. The number of nitro benzene ring substituents is 1. The van der Waals surface area contributed by atoms with Gasteiger partial charge in [-0.3, -0.25) is 10.1 Å². The molecule has 1 aliphatic carbocycles. The summed E-state index contributed by atoms with van der Waals surface area (Å²) in [7, 11) is -3.62. The molecular weight excluding hydrogens is 294 g/mol. The monoisotopic (exact) mass is 313 g/mol. The normalized spacial score (nSPS) is 15.5. The van der Waals surface area contributed by atoms with Crippen molar-refractivity contribution >= 4 is 21.4 Å². The number of rotatable bonds is 7. The van der Waals surface area contributed by atoms with Gasteiger partial charge in [0.1, 0.15) is 5.69 Å². The second kappa shape index (κ2) is 6.40. The molecule has 0 saturated heterocycles. The highest BCUT2D eigenvalue weighted by Crippen LogP contribution is 2.28. The lowest BCUT2D eigenvalue weighted by atomic mass is 9.94. The second-order valence-corrected chi connectivity index (χ2v) is 6.83. The third kappa shape index (κ3) is 3.70. The van der Waals surface area contributed by atoms with E-state index in [1.54, 1.807) is 0 Å². The van der Waals surface area contributed by atoms with Crippen LogP contribution in [0.4, 0.5) is 11.4 Å². The Morgan fingerprint density at radius 3 is 2.62 bits per heavy atom. The van der Waals surface area contributed by atoms with Crippen molar-refractivity contribution in [1.29, 1.82) is 0 Å². The Kier molecular flexibility index (Phi) is 4.79. The zero-order valence-corrected chi connectivity index (χ0v) is 12.6. The van der Waals surface area contributed by atoms with Crippen LogP contribution in [0.15, 0.2) is 23.1 Å². The van der Waals surface area contributed by atoms with Gasteiger partial charge in [-0.1, -0.05) is 13.3 Å². The van der Waals surface area contributed by atoms with Crippen LogP contribution in [0.3, 0.4) is 0 Å². The molecular formula is C13H19N3O4S. The number of benzene rings is 1. The van der Waals surface area contributed by atoms with E-state index in [1.807, 2.05) is 6.92 Å². The summed E-state index contributed by atoms with van der Waals surface area (Å²) in [4.78, 5) is 10.5. The van der Waals surface area contributed by atoms with Gasteiger partial charge in [0.2, 0.25) is 10.0 Å². The van der Waals surface area contributed by atoms with Gasteiger partial charge in [-0.25, -0.2) is 13.1 Å². The molecule has 1 aromatic rings. The second-order valence-electron chi connectivity index (χ2n) is 5.11. The predicted molar refractivity (Wildman–Crippen MR) is 79.8 cm³/mol. The van der Waals surface area contributed by atoms with Gasteiger partial charge in [-0.05, 0) is 31.4 Å². The highest BCUT2D eigenvalue weighted by molar-refractivity contribution is 7.89. The van der Waals surface area contributed by atoms with Crippen molar-refractivity contribution in [3.05, 3.63) is 28.3 Å². The number of sulfonamides is 1. The Balaban J connectivity index is 2.29. The zero-order chi connectivity index (χ0) is 15.5. The summed E-state index contributed by atoms with van der Waals surface area (Å²) in [6.45, 7) is 2.47. The molecule has 1 fully saturated rings. The van der Waals surface area contributed by atoms with E-state index in [1.165, 1.54) is 18.2 Å². The van der Waals surface area contributed by atoms with E-state index in [-0.39, 0.29) is 22.3 Å². The first kappa shape index (κ1) is 15.7. The fraction of sp³-hybridized carbons (Fsp3) is 0.538. The highest BCUT2D eigenvalue weighted by atomic mass is 32.2. The summed E-state index contributed by atoms with van der Waals surface area (Å²) in [5.74, 6) is 0. The number of hydrogen-bond acceptors (Lipinski definition) is 5. The Hall–Kier alpha value is -1.67. The molecule has 21 heavy (non-hydrogen) atoms. The lowest BCUT2D eigenvalue weighted by molar-refractivity contribution is -0.384. The van der Waals surface area contributed by atoms with E-state index in [2.05, 4.69) is 10.0 Å². The van der Waals surface area contributed by atoms with Crippen LogP contribution >= 0.6 is 0 Å². The van der Waals surface area contributed by atoms with Crippen molar-refractivity contribution in [3.63, 3.8) is 0 Å². The first-order valence-electron chi connectivity index (χ1n) is 6.98. The summed E-state index contributed by atoms with van der Waals surface area (Å²) in [6.07, 6.45) is 3.49. The van der Waals surface area contributed by atoms with Crippen LogP contribution in [0.1, 0.15) is 32.6 Å². The molecule has 8 heteroatoms. The predicted octanol–water partition coefficient (Wildman–Crippen LogP) is 2.25. The first-order chi connectivity index (χ1) is 9.94. The molecule has 7 nitrogen and oxygen atoms in total. The average Bonchev–Trinajstić information content (AvgIpc) is 2.40. The molecule has 0 bridgehead atoms. The average molecular weight is 313 g/mol. The Bertz CT molecular complexity index is 626. The molecule has 0 heterocycles. The van der Waals surface area contributed by atoms with Gasteiger partial charge in [-0.2, -0.15) is 0 Å². The third-order valence-electron chi connectivity index (χ3n) is 3.47. The summed E-state index contributed by atoms with van der Waals surface area (Å²) in [5, 5.41) is 13.9. The molecule has 0 radical (unpaired) electrons. The van der Waals surface area contributed by atoms with E-state index >= 15 is 0 Å². The number of nitro groups is 1. The van der Waals surface area contributed by atoms with Gasteiger partial charge in [0.25, 0.3) is 5.69 Å². The molecule has 0 atom stereocenters. The molecule has 1 aromatic carbocycles. The Labute approximate surface area is 123 Å². The van der Waals surface area contributed by atoms with Crippen molar-refractivity contribution in [2.75, 3.05) is 11.9 Å². The van der Waals surface area contributed by atoms with Crippen LogP contribution in [0.2, 0.25) is 0 Å². The summed E-state index contributed by atoms with van der Waals surface area (Å²) >= 11 is 0. The van der Waals surface area contributed by atoms with Crippen molar-refractivity contribution < 1.29 is 13.3 Å². The largest absolute Gasteiger partial charge is 0.379 e. The van der Waals surface area contributed by atoms with Gasteiger partial charge < -0.3 is 5.32 Å². The molecule has 0 unspecified atom stereocenters. The lowest BCUT2D eigenvalue weighted by Crippen LogP contribution is -2.39. The van der Waals surface area contributed by atoms with E-state index in [0.29, 0.717) is 6.54 Å². The Morgan fingerprint density at radius 2 is 2.10 bits per heavy atom. The van der Waals surface area contributed by atoms with Crippen LogP contribution in [0, 0.1) is 10.1 Å². The van der Waals surface area contributed by atoms with Crippen LogP contribution in [0.5, 0.6) is 0 Å². The van der Waals surface area contributed by atoms with Gasteiger partial charge in [0.05, 0.1) is 9.82 Å². The topological polar surface area (TPSA) is 101 Å². The smallest absolute Gasteiger partial charge is 0.292 e. The Morgan fingerprint density at radius 1 is 1.38 bits per heavy atom. The summed E-state index contributed by atoms with van der Waals surface area (Å²) < 4.78 is 27.1. The molecule has 0 amide bonds. The summed E-state index contributed by atoms with van der Waals surface area (Å²) in [5.41, 5.74) is 0.115. The van der Waals surface area contributed by atoms with E-state index in [9.17, 15) is 18.5 Å². The van der Waals surface area contributed by atoms with Gasteiger partial charge >= 0.3 is 0 Å². The maximum atomic E-state index is 12.2. The van der Waals surface area contributed by atoms with Crippen molar-refractivity contribution in [2.45, 2.75) is 43.5 Å². The minimum Gasteiger partial charge on any atom is -0.379 e. The van der Waals surface area contributed by atoms with Crippen molar-refractivity contribution in [2.24, 2.45) is 0 Å². The van der Waals surface area contributed by atoms with Gasteiger partial charge in [0, 0.05) is 18.7 Å². The fourth-order valence-electron chi connectivity index (χ4n) is 2.06. The highest BCUT2D eigenvalue weighted by Gasteiger charge is 2.26. The molecule has 1 aliphatic rings. The van der Waals surface area contributed by atoms with Crippen molar-refractivity contribution in [1.82, 2.24) is 4.72 Å². The van der Waals surface area contributed by atoms with E-state index in [0.717, 1.165) is 25.7 Å². The summed E-state index contributed by atoms with van der Waals surface area (Å²) in [6, 6.07) is 3.82. The standard InChI is InChI=1S/C13H19N3O4S/c1-2-8-14-12-9-11(6-7-13(12)16(17)18)21(19,20)15-10-4-3-5-10/h6-7,9-10,14-15H,2-5,8H2,1H3. The maximum Gasteiger partial charge on any atom is 0.292 e. The molecule has 0 aromatic heterocycles. The van der Waals surface area contributed by atoms with Crippen LogP contribution in [-0.2, 0) is 10.0 Å². The minimum absolute atomic E-state index is 0.0164. The molecule has 0 aliphatic heterocycles. The number of nitrogens with zero attached hydrogens (tertiary/aromatic N) is 1. The van der Waals surface area contributed by atoms with Crippen LogP contribution in [-0.4, -0.2) is 25.9 Å². The van der Waals surface area contributed by atoms with E-state index in [4.69, 9.17) is 0 Å². The fourth-order valence-corrected chi connectivity index (χ4v) is 3.39. The van der Waals surface area contributed by atoms with Gasteiger partial charge in [0.15, 0.2) is 0 Å². The third-order valence-corrected chi connectivity index (χ3v) is 4.99. The van der Waals surface area contributed by atoms with E-state index < -0.39 is 14.9 Å². The maximum absolute atomic E-state index is 12.2. The van der Waals surface area contributed by atoms with Crippen LogP contribution < -0.4 is 10.0 Å². The number of anilines is 1. The molecule has 0 spiro atoms. The minimum atomic E-state index is -3.62. The first-order valence-corrected chi connectivity index (χ1v) is 8.47. The number of hydrogen-bond donors (Lipinski definition) is 2. The van der Waals surface area contributed by atoms with Crippen molar-refractivity contribution in [3.8, 4) is 0 Å². The number of nitrogens with one attached hydrogen (secondary N) is 2. The zero-order valence-electron chi connectivity index (χ0n) is 11.8. The molecule has 2 rings (SSSR count). The lowest BCUT2D eigenvalue weighted by Gasteiger charge is -2.26. The molecule has 1 saturated carbocycles. The van der Waals surface area contributed by atoms with Crippen LogP contribution in [0.25, 0.3) is 0 Å². The molecule has 116 valence electrons. The van der Waals surface area contributed by atoms with Gasteiger partial charge in [-0.15, -0.1) is 0 Å². The SMILES string of the molecule is CCCNc1cc(S(=O)(=O)NC2CCC2)ccc1[N+](=O)[O-].